The molecule has 24 heavy (non-hydrogen) atoms. The molecule has 0 aliphatic heterocycles. The van der Waals surface area contributed by atoms with Crippen LogP contribution in [-0.2, 0) is 19.1 Å². The highest BCUT2D eigenvalue weighted by Gasteiger charge is 2.37. The van der Waals surface area contributed by atoms with E-state index in [2.05, 4.69) is 0 Å². The molecule has 0 spiro atoms. The molecule has 1 unspecified atom stereocenters. The molecule has 0 radical (unpaired) electrons. The number of carbonyl (C=O) groups is 3. The molecule has 1 aliphatic rings. The number of rotatable bonds is 4. The summed E-state index contributed by atoms with van der Waals surface area (Å²) in [7, 11) is 0. The van der Waals surface area contributed by atoms with Crippen molar-refractivity contribution in [2.45, 2.75) is 26.9 Å². The quantitative estimate of drug-likeness (QED) is 0.355. The molecular formula is C15H13NO8. The van der Waals surface area contributed by atoms with E-state index in [0.717, 1.165) is 20.8 Å². The molecule has 0 N–H and O–H groups in total. The van der Waals surface area contributed by atoms with E-state index in [1.807, 2.05) is 0 Å². The topological polar surface area (TPSA) is 122 Å². The van der Waals surface area contributed by atoms with E-state index in [1.165, 1.54) is 18.2 Å². The van der Waals surface area contributed by atoms with Gasteiger partial charge in [-0.25, -0.2) is 0 Å². The lowest BCUT2D eigenvalue weighted by Crippen LogP contribution is -2.13. The Hall–Kier alpha value is -3.23. The second-order valence-electron chi connectivity index (χ2n) is 4.89. The van der Waals surface area contributed by atoms with Crippen molar-refractivity contribution in [2.75, 3.05) is 0 Å². The lowest BCUT2D eigenvalue weighted by molar-refractivity contribution is -0.386. The zero-order valence-electron chi connectivity index (χ0n) is 13.0. The monoisotopic (exact) mass is 335 g/mol. The fraction of sp³-hybridized carbons (Fsp3) is 0.267. The van der Waals surface area contributed by atoms with Gasteiger partial charge in [-0.1, -0.05) is 6.08 Å². The van der Waals surface area contributed by atoms with Crippen LogP contribution in [0, 0.1) is 10.1 Å². The van der Waals surface area contributed by atoms with Gasteiger partial charge in [0, 0.05) is 20.8 Å². The molecule has 0 bridgehead atoms. The molecule has 9 heteroatoms. The smallest absolute Gasteiger partial charge is 0.323 e. The molecule has 0 amide bonds. The van der Waals surface area contributed by atoms with Gasteiger partial charge in [0.1, 0.15) is 0 Å². The molecule has 1 aromatic rings. The molecule has 126 valence electrons. The van der Waals surface area contributed by atoms with Crippen molar-refractivity contribution in [3.63, 3.8) is 0 Å². The van der Waals surface area contributed by atoms with E-state index in [0.29, 0.717) is 5.56 Å². The second kappa shape index (κ2) is 6.49. The van der Waals surface area contributed by atoms with Crippen LogP contribution in [-0.4, -0.2) is 22.8 Å². The summed E-state index contributed by atoms with van der Waals surface area (Å²) in [5.41, 5.74) is -0.238. The third-order valence-corrected chi connectivity index (χ3v) is 3.00. The Morgan fingerprint density at radius 1 is 1.08 bits per heavy atom. The summed E-state index contributed by atoms with van der Waals surface area (Å²) in [6.45, 7) is 3.32. The third kappa shape index (κ3) is 3.40. The highest BCUT2D eigenvalue weighted by atomic mass is 16.6. The maximum atomic E-state index is 11.5. The summed E-state index contributed by atoms with van der Waals surface area (Å²) in [5, 5.41) is 11.5. The first-order chi connectivity index (χ1) is 11.2. The summed E-state index contributed by atoms with van der Waals surface area (Å²) >= 11 is 0. The minimum atomic E-state index is -1.00. The van der Waals surface area contributed by atoms with Crippen molar-refractivity contribution in [2.24, 2.45) is 0 Å². The van der Waals surface area contributed by atoms with E-state index in [9.17, 15) is 24.5 Å². The SMILES string of the molecule is CC(=O)Oc1cc2c(c([N+](=O)[O-])c1OC(C)=O)C(OC(C)=O)C=C2. The predicted molar refractivity (Wildman–Crippen MR) is 79.3 cm³/mol. The van der Waals surface area contributed by atoms with Crippen molar-refractivity contribution in [1.29, 1.82) is 0 Å². The van der Waals surface area contributed by atoms with Crippen LogP contribution in [0.3, 0.4) is 0 Å². The molecule has 0 heterocycles. The highest BCUT2D eigenvalue weighted by molar-refractivity contribution is 5.82. The zero-order chi connectivity index (χ0) is 18.0. The van der Waals surface area contributed by atoms with Gasteiger partial charge in [-0.3, -0.25) is 24.5 Å². The van der Waals surface area contributed by atoms with Gasteiger partial charge in [0.2, 0.25) is 0 Å². The standard InChI is InChI=1S/C15H13NO8/c1-7(17)22-11-5-4-10-6-12(23-8(2)18)15(24-9(3)19)14(13(10)11)16(20)21/h4-6,11H,1-3H3. The van der Waals surface area contributed by atoms with Crippen LogP contribution >= 0.6 is 0 Å². The Morgan fingerprint density at radius 2 is 1.71 bits per heavy atom. The minimum Gasteiger partial charge on any atom is -0.453 e. The molecule has 0 fully saturated rings. The number of hydrogen-bond donors (Lipinski definition) is 0. The van der Waals surface area contributed by atoms with Crippen molar-refractivity contribution in [3.05, 3.63) is 33.4 Å². The van der Waals surface area contributed by atoms with Crippen LogP contribution in [0.15, 0.2) is 12.1 Å². The van der Waals surface area contributed by atoms with Crippen molar-refractivity contribution in [1.82, 2.24) is 0 Å². The van der Waals surface area contributed by atoms with E-state index in [4.69, 9.17) is 14.2 Å². The molecule has 1 aromatic carbocycles. The van der Waals surface area contributed by atoms with Gasteiger partial charge < -0.3 is 14.2 Å². The third-order valence-electron chi connectivity index (χ3n) is 3.00. The number of carbonyl (C=O) groups excluding carboxylic acids is 3. The van der Waals surface area contributed by atoms with Crippen molar-refractivity contribution in [3.8, 4) is 11.5 Å². The molecule has 1 aliphatic carbocycles. The molecule has 0 aromatic heterocycles. The van der Waals surface area contributed by atoms with Gasteiger partial charge in [-0.05, 0) is 17.7 Å². The first-order valence-corrected chi connectivity index (χ1v) is 6.78. The average molecular weight is 335 g/mol. The zero-order valence-corrected chi connectivity index (χ0v) is 13.0. The largest absolute Gasteiger partial charge is 0.453 e. The van der Waals surface area contributed by atoms with Crippen molar-refractivity contribution >= 4 is 29.7 Å². The van der Waals surface area contributed by atoms with Gasteiger partial charge in [0.05, 0.1) is 10.5 Å². The number of benzene rings is 1. The van der Waals surface area contributed by atoms with E-state index in [1.54, 1.807) is 0 Å². The Bertz CT molecular complexity index is 780. The summed E-state index contributed by atoms with van der Waals surface area (Å²) in [4.78, 5) is 44.5. The fourth-order valence-electron chi connectivity index (χ4n) is 2.32. The highest BCUT2D eigenvalue weighted by Crippen LogP contribution is 2.48. The minimum absolute atomic E-state index is 0.0438. The number of nitro groups is 1. The number of ether oxygens (including phenoxy) is 3. The van der Waals surface area contributed by atoms with Gasteiger partial charge in [-0.2, -0.15) is 0 Å². The molecule has 0 saturated carbocycles. The first kappa shape index (κ1) is 17.1. The number of hydrogen-bond acceptors (Lipinski definition) is 8. The van der Waals surface area contributed by atoms with Crippen LogP contribution in [0.4, 0.5) is 5.69 Å². The molecule has 0 saturated heterocycles. The van der Waals surface area contributed by atoms with Gasteiger partial charge in [0.25, 0.3) is 5.75 Å². The molecule has 2 rings (SSSR count). The van der Waals surface area contributed by atoms with Crippen LogP contribution < -0.4 is 9.47 Å². The maximum absolute atomic E-state index is 11.5. The fourth-order valence-corrected chi connectivity index (χ4v) is 2.32. The number of fused-ring (bicyclic) bond motifs is 1. The maximum Gasteiger partial charge on any atom is 0.323 e. The Labute approximate surface area is 135 Å². The van der Waals surface area contributed by atoms with E-state index < -0.39 is 40.4 Å². The molecular weight excluding hydrogens is 322 g/mol. The van der Waals surface area contributed by atoms with Crippen LogP contribution in [0.5, 0.6) is 11.5 Å². The summed E-state index contributed by atoms with van der Waals surface area (Å²) in [6.07, 6.45) is 1.92. The number of esters is 3. The summed E-state index contributed by atoms with van der Waals surface area (Å²) in [5.74, 6) is -2.99. The van der Waals surface area contributed by atoms with Crippen molar-refractivity contribution < 1.29 is 33.5 Å². The van der Waals surface area contributed by atoms with Gasteiger partial charge >= 0.3 is 23.6 Å². The normalized spacial score (nSPS) is 14.7. The number of nitrogens with zero attached hydrogens (tertiary/aromatic N) is 1. The first-order valence-electron chi connectivity index (χ1n) is 6.78. The second-order valence-corrected chi connectivity index (χ2v) is 4.89. The Balaban J connectivity index is 2.71. The van der Waals surface area contributed by atoms with Crippen LogP contribution in [0.25, 0.3) is 6.08 Å². The van der Waals surface area contributed by atoms with Crippen LogP contribution in [0.1, 0.15) is 38.0 Å². The average Bonchev–Trinajstić information content (AvgIpc) is 2.79. The Kier molecular flexibility index (Phi) is 4.63. The summed E-state index contributed by atoms with van der Waals surface area (Å²) in [6, 6.07) is 1.31. The lowest BCUT2D eigenvalue weighted by Gasteiger charge is -2.15. The van der Waals surface area contributed by atoms with E-state index >= 15 is 0 Å². The predicted octanol–water partition coefficient (Wildman–Crippen LogP) is 2.08. The molecule has 9 nitrogen and oxygen atoms in total. The van der Waals surface area contributed by atoms with Gasteiger partial charge in [-0.15, -0.1) is 0 Å². The van der Waals surface area contributed by atoms with Crippen LogP contribution in [0.2, 0.25) is 0 Å². The summed E-state index contributed by atoms with van der Waals surface area (Å²) < 4.78 is 14.8. The molecule has 1 atom stereocenters. The number of nitro benzene ring substituents is 1. The lowest BCUT2D eigenvalue weighted by atomic mass is 10.0. The van der Waals surface area contributed by atoms with Gasteiger partial charge in [0.15, 0.2) is 11.9 Å². The van der Waals surface area contributed by atoms with E-state index in [-0.39, 0.29) is 11.3 Å². The Morgan fingerprint density at radius 3 is 2.21 bits per heavy atom.